The number of carboxylic acid groups (broad SMARTS) is 1. The molecule has 10 heteroatoms. The minimum absolute atomic E-state index is 0.0368. The number of piperazine rings is 1. The molecule has 2 aromatic rings. The minimum atomic E-state index is -4.40. The van der Waals surface area contributed by atoms with Gasteiger partial charge >= 0.3 is 18.2 Å². The average Bonchev–Trinajstić information content (AvgIpc) is 2.87. The van der Waals surface area contributed by atoms with Crippen LogP contribution in [-0.2, 0) is 17.6 Å². The van der Waals surface area contributed by atoms with Crippen LogP contribution in [0.3, 0.4) is 0 Å². The summed E-state index contributed by atoms with van der Waals surface area (Å²) in [6, 6.07) is 4.62. The number of aromatic nitrogens is 2. The molecule has 0 radical (unpaired) electrons. The molecular weight excluding hydrogens is 461 g/mol. The SMILES string of the molecule is O=C(O)CCN1CCN(c2cnc(OCc3ccc(C4CCCCC4)c(C(F)(F)F)c3)nc2)CC1. The summed E-state index contributed by atoms with van der Waals surface area (Å²) in [6.45, 7) is 3.46. The van der Waals surface area contributed by atoms with Gasteiger partial charge < -0.3 is 14.7 Å². The smallest absolute Gasteiger partial charge is 0.416 e. The molecular formula is C25H31F3N4O3. The van der Waals surface area contributed by atoms with E-state index in [4.69, 9.17) is 9.84 Å². The van der Waals surface area contributed by atoms with Crippen LogP contribution < -0.4 is 9.64 Å². The Morgan fingerprint density at radius 2 is 1.74 bits per heavy atom. The van der Waals surface area contributed by atoms with Crippen molar-refractivity contribution in [1.29, 1.82) is 0 Å². The van der Waals surface area contributed by atoms with Crippen LogP contribution in [-0.4, -0.2) is 58.7 Å². The van der Waals surface area contributed by atoms with E-state index in [2.05, 4.69) is 19.8 Å². The second kappa shape index (κ2) is 11.2. The van der Waals surface area contributed by atoms with Crippen LogP contribution in [0.15, 0.2) is 30.6 Å². The summed E-state index contributed by atoms with van der Waals surface area (Å²) >= 11 is 0. The predicted octanol–water partition coefficient (Wildman–Crippen LogP) is 4.72. The van der Waals surface area contributed by atoms with Crippen LogP contribution in [0.5, 0.6) is 6.01 Å². The molecule has 1 aliphatic heterocycles. The van der Waals surface area contributed by atoms with E-state index in [1.54, 1.807) is 24.5 Å². The number of hydrogen-bond acceptors (Lipinski definition) is 6. The number of benzene rings is 1. The maximum Gasteiger partial charge on any atom is 0.416 e. The largest absolute Gasteiger partial charge is 0.481 e. The van der Waals surface area contributed by atoms with Gasteiger partial charge in [-0.15, -0.1) is 0 Å². The molecule has 0 amide bonds. The Bertz CT molecular complexity index is 986. The number of aliphatic carboxylic acids is 1. The van der Waals surface area contributed by atoms with E-state index in [9.17, 15) is 18.0 Å². The topological polar surface area (TPSA) is 78.8 Å². The van der Waals surface area contributed by atoms with E-state index in [0.29, 0.717) is 17.7 Å². The van der Waals surface area contributed by atoms with Crippen molar-refractivity contribution in [2.24, 2.45) is 0 Å². The first-order valence-electron chi connectivity index (χ1n) is 12.1. The number of nitrogens with zero attached hydrogens (tertiary/aromatic N) is 4. The molecule has 7 nitrogen and oxygen atoms in total. The number of anilines is 1. The average molecular weight is 493 g/mol. The summed E-state index contributed by atoms with van der Waals surface area (Å²) in [5, 5.41) is 8.82. The number of ether oxygens (including phenoxy) is 1. The van der Waals surface area contributed by atoms with E-state index in [0.717, 1.165) is 64.0 Å². The fourth-order valence-electron chi connectivity index (χ4n) is 4.89. The van der Waals surface area contributed by atoms with Crippen molar-refractivity contribution in [3.63, 3.8) is 0 Å². The first-order valence-corrected chi connectivity index (χ1v) is 12.1. The van der Waals surface area contributed by atoms with Gasteiger partial charge in [-0.1, -0.05) is 31.4 Å². The summed E-state index contributed by atoms with van der Waals surface area (Å²) < 4.78 is 46.9. The summed E-state index contributed by atoms with van der Waals surface area (Å²) in [4.78, 5) is 23.4. The predicted molar refractivity (Wildman–Crippen MR) is 125 cm³/mol. The number of carbonyl (C=O) groups is 1. The molecule has 2 aliphatic rings. The number of hydrogen-bond donors (Lipinski definition) is 1. The second-order valence-electron chi connectivity index (χ2n) is 9.24. The lowest BCUT2D eigenvalue weighted by atomic mass is 9.81. The lowest BCUT2D eigenvalue weighted by molar-refractivity contribution is -0.139. The van der Waals surface area contributed by atoms with E-state index in [1.807, 2.05) is 0 Å². The monoisotopic (exact) mass is 492 g/mol. The Morgan fingerprint density at radius 3 is 2.37 bits per heavy atom. The third-order valence-electron chi connectivity index (χ3n) is 6.83. The van der Waals surface area contributed by atoms with Crippen molar-refractivity contribution in [1.82, 2.24) is 14.9 Å². The number of alkyl halides is 3. The van der Waals surface area contributed by atoms with Crippen molar-refractivity contribution in [2.45, 2.75) is 57.2 Å². The fraction of sp³-hybridized carbons (Fsp3) is 0.560. The molecule has 0 unspecified atom stereocenters. The van der Waals surface area contributed by atoms with Gasteiger partial charge in [0.15, 0.2) is 0 Å². The Hall–Kier alpha value is -2.88. The van der Waals surface area contributed by atoms with Crippen molar-refractivity contribution in [3.05, 3.63) is 47.3 Å². The molecule has 35 heavy (non-hydrogen) atoms. The van der Waals surface area contributed by atoms with Gasteiger partial charge in [0.05, 0.1) is 30.1 Å². The zero-order chi connectivity index (χ0) is 24.8. The van der Waals surface area contributed by atoms with Crippen molar-refractivity contribution in [2.75, 3.05) is 37.6 Å². The summed E-state index contributed by atoms with van der Waals surface area (Å²) in [5.74, 6) is -0.837. The van der Waals surface area contributed by atoms with Gasteiger partial charge in [0.1, 0.15) is 6.61 Å². The third-order valence-corrected chi connectivity index (χ3v) is 6.83. The molecule has 1 saturated carbocycles. The molecule has 1 N–H and O–H groups in total. The molecule has 0 bridgehead atoms. The molecule has 2 heterocycles. The van der Waals surface area contributed by atoms with Crippen LogP contribution >= 0.6 is 0 Å². The van der Waals surface area contributed by atoms with Crippen LogP contribution in [0.4, 0.5) is 18.9 Å². The lowest BCUT2D eigenvalue weighted by Gasteiger charge is -2.35. The van der Waals surface area contributed by atoms with Gasteiger partial charge in [-0.2, -0.15) is 13.2 Å². The van der Waals surface area contributed by atoms with E-state index < -0.39 is 17.7 Å². The highest BCUT2D eigenvalue weighted by atomic mass is 19.4. The maximum atomic E-state index is 13.8. The first kappa shape index (κ1) is 25.2. The standard InChI is InChI=1S/C25H31F3N4O3/c26-25(27,28)22-14-18(6-7-21(22)19-4-2-1-3-5-19)17-35-24-29-15-20(16-30-24)32-12-10-31(11-13-32)9-8-23(33)34/h6-7,14-16,19H,1-5,8-13,17H2,(H,33,34). The summed E-state index contributed by atoms with van der Waals surface area (Å²) in [5.41, 5.74) is 1.09. The molecule has 1 saturated heterocycles. The van der Waals surface area contributed by atoms with E-state index in [-0.39, 0.29) is 25.0 Å². The Kier molecular flexibility index (Phi) is 8.10. The molecule has 1 aliphatic carbocycles. The summed E-state index contributed by atoms with van der Waals surface area (Å²) in [6.07, 6.45) is 3.65. The highest BCUT2D eigenvalue weighted by Gasteiger charge is 2.35. The highest BCUT2D eigenvalue weighted by molar-refractivity contribution is 5.66. The van der Waals surface area contributed by atoms with Crippen molar-refractivity contribution >= 4 is 11.7 Å². The molecule has 0 atom stereocenters. The number of rotatable bonds is 8. The van der Waals surface area contributed by atoms with Gasteiger partial charge in [-0.3, -0.25) is 9.69 Å². The molecule has 1 aromatic carbocycles. The maximum absolute atomic E-state index is 13.8. The molecule has 190 valence electrons. The fourth-order valence-corrected chi connectivity index (χ4v) is 4.89. The second-order valence-corrected chi connectivity index (χ2v) is 9.24. The highest BCUT2D eigenvalue weighted by Crippen LogP contribution is 2.41. The van der Waals surface area contributed by atoms with E-state index in [1.165, 1.54) is 6.07 Å². The van der Waals surface area contributed by atoms with E-state index >= 15 is 0 Å². The Morgan fingerprint density at radius 1 is 1.06 bits per heavy atom. The van der Waals surface area contributed by atoms with Crippen LogP contribution in [0, 0.1) is 0 Å². The van der Waals surface area contributed by atoms with Crippen molar-refractivity contribution in [3.8, 4) is 6.01 Å². The zero-order valence-corrected chi connectivity index (χ0v) is 19.6. The van der Waals surface area contributed by atoms with Gasteiger partial charge in [0, 0.05) is 32.7 Å². The molecule has 0 spiro atoms. The normalized spacial score (nSPS) is 18.0. The third kappa shape index (κ3) is 6.84. The lowest BCUT2D eigenvalue weighted by Crippen LogP contribution is -2.47. The Labute approximate surface area is 202 Å². The van der Waals surface area contributed by atoms with Crippen LogP contribution in [0.2, 0.25) is 0 Å². The minimum Gasteiger partial charge on any atom is -0.481 e. The molecule has 2 fully saturated rings. The van der Waals surface area contributed by atoms with Gasteiger partial charge in [0.25, 0.3) is 0 Å². The quantitative estimate of drug-likeness (QED) is 0.571. The van der Waals surface area contributed by atoms with Gasteiger partial charge in [-0.05, 0) is 36.0 Å². The van der Waals surface area contributed by atoms with Gasteiger partial charge in [0.2, 0.25) is 0 Å². The Balaban J connectivity index is 1.34. The van der Waals surface area contributed by atoms with Crippen molar-refractivity contribution < 1.29 is 27.8 Å². The zero-order valence-electron chi connectivity index (χ0n) is 19.6. The van der Waals surface area contributed by atoms with Crippen LogP contribution in [0.1, 0.15) is 61.1 Å². The molecule has 1 aromatic heterocycles. The molecule has 4 rings (SSSR count). The number of carboxylic acids is 1. The summed E-state index contributed by atoms with van der Waals surface area (Å²) in [7, 11) is 0. The van der Waals surface area contributed by atoms with Crippen LogP contribution in [0.25, 0.3) is 0 Å². The number of halogens is 3. The van der Waals surface area contributed by atoms with Gasteiger partial charge in [-0.25, -0.2) is 9.97 Å². The first-order chi connectivity index (χ1) is 16.8.